The minimum atomic E-state index is -0.265. The van der Waals surface area contributed by atoms with Crippen LogP contribution in [0.15, 0.2) is 24.3 Å². The van der Waals surface area contributed by atoms with Crippen LogP contribution >= 0.6 is 0 Å². The number of hydrogen-bond donors (Lipinski definition) is 2. The first-order chi connectivity index (χ1) is 10.7. The SMILES string of the molecule is COc1ccccc1CNC(=O)CC(=O)NC1CCCCC1. The van der Waals surface area contributed by atoms with Gasteiger partial charge >= 0.3 is 0 Å². The Bertz CT molecular complexity index is 510. The third-order valence-electron chi connectivity index (χ3n) is 3.96. The molecule has 120 valence electrons. The summed E-state index contributed by atoms with van der Waals surface area (Å²) < 4.78 is 5.23. The van der Waals surface area contributed by atoms with Crippen LogP contribution in [0, 0.1) is 0 Å². The second-order valence-electron chi connectivity index (χ2n) is 5.67. The number of ether oxygens (including phenoxy) is 1. The largest absolute Gasteiger partial charge is 0.496 e. The molecule has 5 nitrogen and oxygen atoms in total. The van der Waals surface area contributed by atoms with Crippen LogP contribution in [-0.4, -0.2) is 25.0 Å². The van der Waals surface area contributed by atoms with Crippen molar-refractivity contribution in [1.29, 1.82) is 0 Å². The average Bonchev–Trinajstić information content (AvgIpc) is 2.54. The van der Waals surface area contributed by atoms with Gasteiger partial charge in [-0.15, -0.1) is 0 Å². The summed E-state index contributed by atoms with van der Waals surface area (Å²) in [5.74, 6) is 0.276. The van der Waals surface area contributed by atoms with E-state index in [9.17, 15) is 9.59 Å². The first-order valence-corrected chi connectivity index (χ1v) is 7.87. The van der Waals surface area contributed by atoms with Crippen LogP contribution in [0.3, 0.4) is 0 Å². The van der Waals surface area contributed by atoms with Crippen molar-refractivity contribution >= 4 is 11.8 Å². The lowest BCUT2D eigenvalue weighted by atomic mass is 9.95. The van der Waals surface area contributed by atoms with Crippen molar-refractivity contribution in [3.63, 3.8) is 0 Å². The summed E-state index contributed by atoms with van der Waals surface area (Å²) in [6, 6.07) is 7.74. The molecule has 0 aliphatic heterocycles. The van der Waals surface area contributed by atoms with Gasteiger partial charge in [0.15, 0.2) is 0 Å². The number of amides is 2. The fourth-order valence-electron chi connectivity index (χ4n) is 2.78. The van der Waals surface area contributed by atoms with E-state index < -0.39 is 0 Å². The van der Waals surface area contributed by atoms with E-state index in [1.165, 1.54) is 6.42 Å². The Balaban J connectivity index is 1.74. The number of hydrogen-bond acceptors (Lipinski definition) is 3. The van der Waals surface area contributed by atoms with Gasteiger partial charge in [-0.3, -0.25) is 9.59 Å². The molecule has 0 aromatic heterocycles. The molecule has 1 saturated carbocycles. The monoisotopic (exact) mass is 304 g/mol. The molecule has 1 aromatic carbocycles. The Kier molecular flexibility index (Phi) is 6.25. The topological polar surface area (TPSA) is 67.4 Å². The maximum Gasteiger partial charge on any atom is 0.229 e. The molecule has 0 bridgehead atoms. The van der Waals surface area contributed by atoms with Gasteiger partial charge in [-0.2, -0.15) is 0 Å². The summed E-state index contributed by atoms with van der Waals surface area (Å²) in [5.41, 5.74) is 0.894. The number of rotatable bonds is 6. The zero-order chi connectivity index (χ0) is 15.8. The van der Waals surface area contributed by atoms with Crippen molar-refractivity contribution in [2.45, 2.75) is 51.1 Å². The molecule has 1 aliphatic carbocycles. The maximum absolute atomic E-state index is 11.9. The lowest BCUT2D eigenvalue weighted by Crippen LogP contribution is -2.39. The molecule has 2 N–H and O–H groups in total. The Labute approximate surface area is 131 Å². The minimum absolute atomic E-state index is 0.119. The van der Waals surface area contributed by atoms with Gasteiger partial charge in [-0.25, -0.2) is 0 Å². The first kappa shape index (κ1) is 16.3. The maximum atomic E-state index is 11.9. The van der Waals surface area contributed by atoms with Crippen LogP contribution in [0.2, 0.25) is 0 Å². The highest BCUT2D eigenvalue weighted by Crippen LogP contribution is 2.18. The summed E-state index contributed by atoms with van der Waals surface area (Å²) >= 11 is 0. The molecule has 0 atom stereocenters. The lowest BCUT2D eigenvalue weighted by Gasteiger charge is -2.22. The van der Waals surface area contributed by atoms with Crippen LogP contribution in [0.4, 0.5) is 0 Å². The molecular formula is C17H24N2O3. The van der Waals surface area contributed by atoms with Crippen molar-refractivity contribution in [2.75, 3.05) is 7.11 Å². The van der Waals surface area contributed by atoms with Gasteiger partial charge in [-0.1, -0.05) is 37.5 Å². The number of benzene rings is 1. The van der Waals surface area contributed by atoms with Crippen LogP contribution in [0.5, 0.6) is 5.75 Å². The standard InChI is InChI=1S/C17H24N2O3/c1-22-15-10-6-5-7-13(15)12-18-16(20)11-17(21)19-14-8-3-2-4-9-14/h5-7,10,14H,2-4,8-9,11-12H2,1H3,(H,18,20)(H,19,21). The van der Waals surface area contributed by atoms with Gasteiger partial charge in [0.25, 0.3) is 0 Å². The highest BCUT2D eigenvalue weighted by molar-refractivity contribution is 5.96. The number of carbonyl (C=O) groups excluding carboxylic acids is 2. The first-order valence-electron chi connectivity index (χ1n) is 7.87. The normalized spacial score (nSPS) is 15.1. The van der Waals surface area contributed by atoms with Crippen LogP contribution in [0.25, 0.3) is 0 Å². The Morgan fingerprint density at radius 3 is 2.59 bits per heavy atom. The number of para-hydroxylation sites is 1. The Morgan fingerprint density at radius 1 is 1.14 bits per heavy atom. The van der Waals surface area contributed by atoms with Crippen LogP contribution in [0.1, 0.15) is 44.1 Å². The third kappa shape index (κ3) is 5.06. The fraction of sp³-hybridized carbons (Fsp3) is 0.529. The van der Waals surface area contributed by atoms with Crippen molar-refractivity contribution in [2.24, 2.45) is 0 Å². The molecule has 2 rings (SSSR count). The Morgan fingerprint density at radius 2 is 1.86 bits per heavy atom. The van der Waals surface area contributed by atoms with Gasteiger partial charge in [0.1, 0.15) is 12.2 Å². The van der Waals surface area contributed by atoms with Gasteiger partial charge < -0.3 is 15.4 Å². The molecule has 0 unspecified atom stereocenters. The van der Waals surface area contributed by atoms with Crippen molar-refractivity contribution in [1.82, 2.24) is 10.6 Å². The fourth-order valence-corrected chi connectivity index (χ4v) is 2.78. The number of methoxy groups -OCH3 is 1. The summed E-state index contributed by atoms with van der Waals surface area (Å²) in [6.07, 6.45) is 5.48. The highest BCUT2D eigenvalue weighted by atomic mass is 16.5. The molecule has 1 fully saturated rings. The molecule has 0 radical (unpaired) electrons. The van der Waals surface area contributed by atoms with Crippen molar-refractivity contribution in [3.05, 3.63) is 29.8 Å². The van der Waals surface area contributed by atoms with Gasteiger partial charge in [0, 0.05) is 18.2 Å². The Hall–Kier alpha value is -2.04. The summed E-state index contributed by atoms with van der Waals surface area (Å²) in [4.78, 5) is 23.7. The molecular weight excluding hydrogens is 280 g/mol. The highest BCUT2D eigenvalue weighted by Gasteiger charge is 2.17. The molecule has 2 amide bonds. The molecule has 0 saturated heterocycles. The van der Waals surface area contributed by atoms with E-state index in [0.717, 1.165) is 37.0 Å². The molecule has 0 spiro atoms. The van der Waals surface area contributed by atoms with Crippen LogP contribution < -0.4 is 15.4 Å². The molecule has 1 aliphatic rings. The van der Waals surface area contributed by atoms with Crippen molar-refractivity contribution in [3.8, 4) is 5.75 Å². The predicted molar refractivity (Wildman–Crippen MR) is 84.5 cm³/mol. The lowest BCUT2D eigenvalue weighted by molar-refractivity contribution is -0.129. The van der Waals surface area contributed by atoms with Crippen LogP contribution in [-0.2, 0) is 16.1 Å². The second-order valence-corrected chi connectivity index (χ2v) is 5.67. The quantitative estimate of drug-likeness (QED) is 0.791. The number of carbonyl (C=O) groups is 2. The van der Waals surface area contributed by atoms with E-state index in [-0.39, 0.29) is 24.3 Å². The zero-order valence-corrected chi connectivity index (χ0v) is 13.1. The van der Waals surface area contributed by atoms with E-state index in [4.69, 9.17) is 4.74 Å². The van der Waals surface area contributed by atoms with Crippen molar-refractivity contribution < 1.29 is 14.3 Å². The minimum Gasteiger partial charge on any atom is -0.496 e. The molecule has 5 heteroatoms. The van der Waals surface area contributed by atoms with Gasteiger partial charge in [-0.05, 0) is 18.9 Å². The smallest absolute Gasteiger partial charge is 0.229 e. The third-order valence-corrected chi connectivity index (χ3v) is 3.96. The average molecular weight is 304 g/mol. The van der Waals surface area contributed by atoms with E-state index in [1.54, 1.807) is 7.11 Å². The van der Waals surface area contributed by atoms with Gasteiger partial charge in [0.05, 0.1) is 7.11 Å². The molecule has 0 heterocycles. The zero-order valence-electron chi connectivity index (χ0n) is 13.1. The van der Waals surface area contributed by atoms with E-state index in [0.29, 0.717) is 6.54 Å². The summed E-state index contributed by atoms with van der Waals surface area (Å²) in [6.45, 7) is 0.361. The molecule has 1 aromatic rings. The predicted octanol–water partition coefficient (Wildman–Crippen LogP) is 2.15. The van der Waals surface area contributed by atoms with E-state index >= 15 is 0 Å². The summed E-state index contributed by atoms with van der Waals surface area (Å²) in [5, 5.41) is 5.71. The second kappa shape index (κ2) is 8.41. The summed E-state index contributed by atoms with van der Waals surface area (Å²) in [7, 11) is 1.60. The number of nitrogens with one attached hydrogen (secondary N) is 2. The van der Waals surface area contributed by atoms with E-state index in [1.807, 2.05) is 24.3 Å². The van der Waals surface area contributed by atoms with Gasteiger partial charge in [0.2, 0.25) is 11.8 Å². The van der Waals surface area contributed by atoms with E-state index in [2.05, 4.69) is 10.6 Å². The molecule has 22 heavy (non-hydrogen) atoms.